The molecule has 2 heterocycles. The maximum Gasteiger partial charge on any atom is 0.188 e. The van der Waals surface area contributed by atoms with Crippen LogP contribution in [-0.2, 0) is 43.5 Å². The van der Waals surface area contributed by atoms with Gasteiger partial charge in [-0.15, -0.1) is 0 Å². The maximum absolute atomic E-state index is 11.2. The number of hydrogen-bond donors (Lipinski definition) is 1. The van der Waals surface area contributed by atoms with E-state index in [2.05, 4.69) is 6.08 Å². The molecule has 2 aromatic rings. The van der Waals surface area contributed by atoms with Crippen molar-refractivity contribution in [3.05, 3.63) is 53.6 Å². The Balaban J connectivity index is 0.000000191. The van der Waals surface area contributed by atoms with Crippen LogP contribution in [0, 0.1) is 0 Å². The molecule has 13 heteroatoms. The standard InChI is InChI=1S/C18H26O7.C18H24O6/c1-20-12-22-14-3-4-15(16(11-14)23-13-21-2)17(19)5-7-18(8-6-17)24-9-10-25-18;1-19-12-21-15-3-4-16(17(11-15)22-13-20-2)14-5-7-18(8-6-14)23-9-10-24-18/h3-4,11,19H,5-10,12-13H2,1-2H3;3-5,11H,6-10,12-13H2,1-2H3. The highest BCUT2D eigenvalue weighted by Crippen LogP contribution is 2.48. The second-order valence-electron chi connectivity index (χ2n) is 12.2. The van der Waals surface area contributed by atoms with Crippen LogP contribution in [0.3, 0.4) is 0 Å². The van der Waals surface area contributed by atoms with Gasteiger partial charge in [0.15, 0.2) is 38.7 Å². The fraction of sp³-hybridized carbons (Fsp3) is 0.611. The van der Waals surface area contributed by atoms with Gasteiger partial charge >= 0.3 is 0 Å². The molecule has 0 unspecified atom stereocenters. The molecule has 2 aliphatic carbocycles. The zero-order chi connectivity index (χ0) is 34.6. The summed E-state index contributed by atoms with van der Waals surface area (Å²) in [6.07, 6.45) is 7.03. The summed E-state index contributed by atoms with van der Waals surface area (Å²) in [4.78, 5) is 0. The van der Waals surface area contributed by atoms with Crippen LogP contribution in [0.25, 0.3) is 5.57 Å². The predicted molar refractivity (Wildman–Crippen MR) is 176 cm³/mol. The van der Waals surface area contributed by atoms with Crippen molar-refractivity contribution < 1.29 is 61.9 Å². The predicted octanol–water partition coefficient (Wildman–Crippen LogP) is 5.12. The zero-order valence-corrected chi connectivity index (χ0v) is 29.0. The Hall–Kier alpha value is -2.98. The third kappa shape index (κ3) is 9.63. The minimum Gasteiger partial charge on any atom is -0.467 e. The fourth-order valence-corrected chi connectivity index (χ4v) is 6.48. The molecule has 49 heavy (non-hydrogen) atoms. The molecule has 0 aromatic heterocycles. The minimum atomic E-state index is -0.997. The number of hydrogen-bond acceptors (Lipinski definition) is 13. The molecule has 3 fully saturated rings. The number of aliphatic hydroxyl groups is 1. The van der Waals surface area contributed by atoms with Gasteiger partial charge in [0.1, 0.15) is 23.0 Å². The summed E-state index contributed by atoms with van der Waals surface area (Å²) in [6.45, 7) is 3.21. The van der Waals surface area contributed by atoms with Crippen molar-refractivity contribution in [3.8, 4) is 23.0 Å². The minimum absolute atomic E-state index is 0.0902. The molecule has 4 aliphatic rings. The summed E-state index contributed by atoms with van der Waals surface area (Å²) in [7, 11) is 6.30. The van der Waals surface area contributed by atoms with Gasteiger partial charge in [-0.2, -0.15) is 0 Å². The van der Waals surface area contributed by atoms with E-state index in [1.807, 2.05) is 24.3 Å². The quantitative estimate of drug-likeness (QED) is 0.264. The molecule has 1 N–H and O–H groups in total. The first-order valence-corrected chi connectivity index (χ1v) is 16.6. The average molecular weight is 691 g/mol. The number of ether oxygens (including phenoxy) is 12. The van der Waals surface area contributed by atoms with Gasteiger partial charge in [-0.25, -0.2) is 0 Å². The molecule has 2 aromatic carbocycles. The second kappa shape index (κ2) is 17.8. The molecule has 2 aliphatic heterocycles. The van der Waals surface area contributed by atoms with E-state index in [1.54, 1.807) is 40.6 Å². The lowest BCUT2D eigenvalue weighted by atomic mass is 9.76. The summed E-state index contributed by atoms with van der Waals surface area (Å²) in [5.41, 5.74) is 2.00. The summed E-state index contributed by atoms with van der Waals surface area (Å²) in [5, 5.41) is 11.2. The van der Waals surface area contributed by atoms with E-state index >= 15 is 0 Å². The van der Waals surface area contributed by atoms with Gasteiger partial charge in [0.2, 0.25) is 0 Å². The van der Waals surface area contributed by atoms with E-state index in [0.29, 0.717) is 69.4 Å². The first-order valence-electron chi connectivity index (χ1n) is 16.6. The van der Waals surface area contributed by atoms with E-state index < -0.39 is 17.2 Å². The van der Waals surface area contributed by atoms with Crippen LogP contribution in [0.2, 0.25) is 0 Å². The second-order valence-corrected chi connectivity index (χ2v) is 12.2. The highest BCUT2D eigenvalue weighted by Gasteiger charge is 2.47. The third-order valence-corrected chi connectivity index (χ3v) is 9.01. The Morgan fingerprint density at radius 3 is 1.65 bits per heavy atom. The van der Waals surface area contributed by atoms with Crippen molar-refractivity contribution >= 4 is 5.57 Å². The maximum atomic E-state index is 11.2. The van der Waals surface area contributed by atoms with Crippen molar-refractivity contribution in [3.63, 3.8) is 0 Å². The lowest BCUT2D eigenvalue weighted by Crippen LogP contribution is -2.42. The lowest BCUT2D eigenvalue weighted by Gasteiger charge is -2.41. The van der Waals surface area contributed by atoms with Crippen LogP contribution in [0.4, 0.5) is 0 Å². The lowest BCUT2D eigenvalue weighted by molar-refractivity contribution is -0.204. The van der Waals surface area contributed by atoms with Crippen LogP contribution >= 0.6 is 0 Å². The topological polar surface area (TPSA) is 131 Å². The number of benzene rings is 2. The summed E-state index contributed by atoms with van der Waals surface area (Å²) in [6, 6.07) is 11.2. The summed E-state index contributed by atoms with van der Waals surface area (Å²) < 4.78 is 65.3. The number of rotatable bonds is 14. The van der Waals surface area contributed by atoms with Gasteiger partial charge in [-0.05, 0) is 49.1 Å². The van der Waals surface area contributed by atoms with E-state index in [9.17, 15) is 5.11 Å². The summed E-state index contributed by atoms with van der Waals surface area (Å²) >= 11 is 0. The summed E-state index contributed by atoms with van der Waals surface area (Å²) in [5.74, 6) is 1.64. The molecular weight excluding hydrogens is 640 g/mol. The van der Waals surface area contributed by atoms with Crippen LogP contribution in [-0.4, -0.2) is 98.7 Å². The van der Waals surface area contributed by atoms with Crippen LogP contribution in [0.1, 0.15) is 56.1 Å². The normalized spacial score (nSPS) is 20.4. The molecule has 0 amide bonds. The van der Waals surface area contributed by atoms with Crippen molar-refractivity contribution in [2.24, 2.45) is 0 Å². The van der Waals surface area contributed by atoms with E-state index in [0.717, 1.165) is 36.1 Å². The highest BCUT2D eigenvalue weighted by molar-refractivity contribution is 5.72. The zero-order valence-electron chi connectivity index (χ0n) is 29.0. The monoisotopic (exact) mass is 690 g/mol. The smallest absolute Gasteiger partial charge is 0.188 e. The molecular formula is C36H50O13. The van der Waals surface area contributed by atoms with Crippen LogP contribution in [0.5, 0.6) is 23.0 Å². The highest BCUT2D eigenvalue weighted by atomic mass is 16.7. The van der Waals surface area contributed by atoms with E-state index in [-0.39, 0.29) is 27.2 Å². The van der Waals surface area contributed by atoms with Crippen molar-refractivity contribution in [2.75, 3.05) is 82.0 Å². The van der Waals surface area contributed by atoms with Gasteiger partial charge in [0.05, 0.1) is 32.0 Å². The van der Waals surface area contributed by atoms with Gasteiger partial charge < -0.3 is 61.9 Å². The molecule has 2 spiro atoms. The van der Waals surface area contributed by atoms with Crippen molar-refractivity contribution in [1.82, 2.24) is 0 Å². The largest absolute Gasteiger partial charge is 0.467 e. The van der Waals surface area contributed by atoms with Crippen LogP contribution in [0.15, 0.2) is 42.5 Å². The molecule has 0 atom stereocenters. The third-order valence-electron chi connectivity index (χ3n) is 9.01. The molecule has 0 bridgehead atoms. The SMILES string of the molecule is COCOc1ccc(C2(O)CCC3(CC2)OCCO3)c(OCOC)c1.COCOc1ccc(C2=CCC3(CC2)OCCO3)c(OCOC)c1. The Labute approximate surface area is 288 Å². The molecule has 1 saturated carbocycles. The number of allylic oxidation sites excluding steroid dienone is 1. The van der Waals surface area contributed by atoms with Crippen molar-refractivity contribution in [2.45, 2.75) is 62.1 Å². The first kappa shape index (κ1) is 37.3. The Morgan fingerprint density at radius 1 is 0.592 bits per heavy atom. The van der Waals surface area contributed by atoms with E-state index in [1.165, 1.54) is 5.57 Å². The number of methoxy groups -OCH3 is 4. The van der Waals surface area contributed by atoms with Crippen LogP contribution < -0.4 is 18.9 Å². The molecule has 13 nitrogen and oxygen atoms in total. The van der Waals surface area contributed by atoms with Gasteiger partial charge in [0.25, 0.3) is 0 Å². The Bertz CT molecular complexity index is 1340. The molecule has 272 valence electrons. The van der Waals surface area contributed by atoms with E-state index in [4.69, 9.17) is 56.8 Å². The average Bonchev–Trinajstić information content (AvgIpc) is 3.80. The van der Waals surface area contributed by atoms with Gasteiger partial charge in [-0.1, -0.05) is 6.08 Å². The fourth-order valence-electron chi connectivity index (χ4n) is 6.48. The Morgan fingerprint density at radius 2 is 1.10 bits per heavy atom. The van der Waals surface area contributed by atoms with Gasteiger partial charge in [-0.3, -0.25) is 0 Å². The molecule has 0 radical (unpaired) electrons. The molecule has 6 rings (SSSR count). The first-order chi connectivity index (χ1) is 23.9. The molecule has 2 saturated heterocycles. The van der Waals surface area contributed by atoms with Gasteiger partial charge in [0, 0.05) is 77.4 Å². The van der Waals surface area contributed by atoms with Crippen molar-refractivity contribution in [1.29, 1.82) is 0 Å². The Kier molecular flexibility index (Phi) is 13.5.